The van der Waals surface area contributed by atoms with Crippen molar-refractivity contribution in [1.29, 1.82) is 0 Å². The number of aromatic nitrogens is 1. The van der Waals surface area contributed by atoms with Crippen LogP contribution < -0.4 is 4.74 Å². The fourth-order valence-corrected chi connectivity index (χ4v) is 4.38. The third-order valence-corrected chi connectivity index (χ3v) is 5.53. The summed E-state index contributed by atoms with van der Waals surface area (Å²) < 4.78 is 5.99. The van der Waals surface area contributed by atoms with E-state index in [4.69, 9.17) is 4.74 Å². The predicted octanol–water partition coefficient (Wildman–Crippen LogP) is 6.01. The third-order valence-electron chi connectivity index (χ3n) is 5.53. The molecule has 3 rings (SSSR count). The van der Waals surface area contributed by atoms with Crippen LogP contribution in [0.1, 0.15) is 63.8 Å². The molecule has 0 aliphatic heterocycles. The monoisotopic (exact) mass is 337 g/mol. The smallest absolute Gasteiger partial charge is 0.130 e. The zero-order valence-corrected chi connectivity index (χ0v) is 16.3. The zero-order valence-electron chi connectivity index (χ0n) is 16.3. The maximum atomic E-state index is 5.99. The van der Waals surface area contributed by atoms with E-state index < -0.39 is 0 Å². The Kier molecular flexibility index (Phi) is 5.17. The predicted molar refractivity (Wildman–Crippen MR) is 104 cm³/mol. The number of rotatable bonds is 4. The first kappa shape index (κ1) is 18.0. The van der Waals surface area contributed by atoms with Gasteiger partial charge < -0.3 is 4.74 Å². The highest BCUT2D eigenvalue weighted by molar-refractivity contribution is 5.41. The molecule has 1 aromatic carbocycles. The molecule has 0 fully saturated rings. The van der Waals surface area contributed by atoms with Gasteiger partial charge in [0.1, 0.15) is 12.4 Å². The molecule has 1 aromatic heterocycles. The highest BCUT2D eigenvalue weighted by Gasteiger charge is 2.38. The second-order valence-corrected chi connectivity index (χ2v) is 8.76. The molecule has 0 saturated heterocycles. The summed E-state index contributed by atoms with van der Waals surface area (Å²) >= 11 is 0. The number of ether oxygens (including phenoxy) is 1. The van der Waals surface area contributed by atoms with Gasteiger partial charge in [0, 0.05) is 6.20 Å². The maximum absolute atomic E-state index is 5.99. The molecule has 2 nitrogen and oxygen atoms in total. The fraction of sp³-hybridized carbons (Fsp3) is 0.522. The SMILES string of the molecule is CC(C)C1CCc2cc(OCc3ccccn3)ccc2C1C(C)(C)C. The Labute approximate surface area is 152 Å². The quantitative estimate of drug-likeness (QED) is 0.681. The normalized spacial score (nSPS) is 20.4. The van der Waals surface area contributed by atoms with Crippen molar-refractivity contribution in [2.45, 2.75) is 60.0 Å². The van der Waals surface area contributed by atoms with Crippen LogP contribution in [0.5, 0.6) is 5.75 Å². The lowest BCUT2D eigenvalue weighted by Crippen LogP contribution is -2.33. The Morgan fingerprint density at radius 3 is 2.60 bits per heavy atom. The van der Waals surface area contributed by atoms with Crippen molar-refractivity contribution >= 4 is 0 Å². The number of benzene rings is 1. The van der Waals surface area contributed by atoms with Gasteiger partial charge in [-0.3, -0.25) is 4.98 Å². The first-order chi connectivity index (χ1) is 11.9. The van der Waals surface area contributed by atoms with Gasteiger partial charge in [0.2, 0.25) is 0 Å². The average molecular weight is 338 g/mol. The van der Waals surface area contributed by atoms with Gasteiger partial charge in [0.15, 0.2) is 0 Å². The topological polar surface area (TPSA) is 22.1 Å². The fourth-order valence-electron chi connectivity index (χ4n) is 4.38. The first-order valence-corrected chi connectivity index (χ1v) is 9.52. The summed E-state index contributed by atoms with van der Waals surface area (Å²) in [4.78, 5) is 4.33. The van der Waals surface area contributed by atoms with E-state index in [1.54, 1.807) is 0 Å². The Morgan fingerprint density at radius 2 is 1.96 bits per heavy atom. The lowest BCUT2D eigenvalue weighted by Gasteiger charge is -2.44. The van der Waals surface area contributed by atoms with E-state index in [2.05, 4.69) is 57.8 Å². The number of hydrogen-bond donors (Lipinski definition) is 0. The van der Waals surface area contributed by atoms with E-state index in [-0.39, 0.29) is 5.41 Å². The standard InChI is InChI=1S/C23H31NO/c1-16(2)20-11-9-17-14-19(25-15-18-8-6-7-13-24-18)10-12-21(17)22(20)23(3,4)5/h6-8,10,12-14,16,20,22H,9,11,15H2,1-5H3. The molecule has 2 aromatic rings. The van der Waals surface area contributed by atoms with Crippen LogP contribution in [0.2, 0.25) is 0 Å². The van der Waals surface area contributed by atoms with Crippen LogP contribution >= 0.6 is 0 Å². The average Bonchev–Trinajstić information content (AvgIpc) is 2.58. The number of fused-ring (bicyclic) bond motifs is 1. The van der Waals surface area contributed by atoms with Gasteiger partial charge in [-0.25, -0.2) is 0 Å². The van der Waals surface area contributed by atoms with Crippen LogP contribution in [-0.4, -0.2) is 4.98 Å². The van der Waals surface area contributed by atoms with E-state index in [1.807, 2.05) is 24.4 Å². The van der Waals surface area contributed by atoms with E-state index in [0.717, 1.165) is 29.7 Å². The molecule has 1 aliphatic rings. The lowest BCUT2D eigenvalue weighted by atomic mass is 9.61. The van der Waals surface area contributed by atoms with E-state index in [1.165, 1.54) is 17.5 Å². The first-order valence-electron chi connectivity index (χ1n) is 9.52. The second-order valence-electron chi connectivity index (χ2n) is 8.76. The van der Waals surface area contributed by atoms with Crippen LogP contribution in [0, 0.1) is 17.3 Å². The van der Waals surface area contributed by atoms with Crippen molar-refractivity contribution < 1.29 is 4.74 Å². The summed E-state index contributed by atoms with van der Waals surface area (Å²) in [5, 5.41) is 0. The highest BCUT2D eigenvalue weighted by Crippen LogP contribution is 2.50. The summed E-state index contributed by atoms with van der Waals surface area (Å²) in [5.74, 6) is 3.05. The Morgan fingerprint density at radius 1 is 1.16 bits per heavy atom. The molecule has 0 amide bonds. The molecule has 25 heavy (non-hydrogen) atoms. The van der Waals surface area contributed by atoms with Crippen molar-refractivity contribution in [1.82, 2.24) is 4.98 Å². The van der Waals surface area contributed by atoms with Crippen LogP contribution in [0.3, 0.4) is 0 Å². The van der Waals surface area contributed by atoms with Crippen molar-refractivity contribution in [3.05, 3.63) is 59.4 Å². The molecule has 2 heteroatoms. The number of aryl methyl sites for hydroxylation is 1. The summed E-state index contributed by atoms with van der Waals surface area (Å²) in [5.41, 5.74) is 4.24. The number of pyridine rings is 1. The van der Waals surface area contributed by atoms with Crippen LogP contribution in [0.15, 0.2) is 42.6 Å². The largest absolute Gasteiger partial charge is 0.487 e. The van der Waals surface area contributed by atoms with Gasteiger partial charge >= 0.3 is 0 Å². The molecule has 0 radical (unpaired) electrons. The minimum absolute atomic E-state index is 0.278. The van der Waals surface area contributed by atoms with Gasteiger partial charge in [0.25, 0.3) is 0 Å². The van der Waals surface area contributed by atoms with E-state index in [9.17, 15) is 0 Å². The highest BCUT2D eigenvalue weighted by atomic mass is 16.5. The minimum atomic E-state index is 0.278. The number of hydrogen-bond acceptors (Lipinski definition) is 2. The van der Waals surface area contributed by atoms with Gasteiger partial charge in [-0.1, -0.05) is 46.8 Å². The molecular formula is C23H31NO. The molecule has 0 saturated carbocycles. The third kappa shape index (κ3) is 4.05. The maximum Gasteiger partial charge on any atom is 0.130 e. The van der Waals surface area contributed by atoms with Crippen molar-refractivity contribution in [2.24, 2.45) is 17.3 Å². The van der Waals surface area contributed by atoms with E-state index in [0.29, 0.717) is 12.5 Å². The van der Waals surface area contributed by atoms with E-state index >= 15 is 0 Å². The Balaban J connectivity index is 1.83. The minimum Gasteiger partial charge on any atom is -0.487 e. The molecule has 2 unspecified atom stereocenters. The Hall–Kier alpha value is -1.83. The van der Waals surface area contributed by atoms with Crippen LogP contribution in [-0.2, 0) is 13.0 Å². The van der Waals surface area contributed by atoms with Gasteiger partial charge in [-0.2, -0.15) is 0 Å². The van der Waals surface area contributed by atoms with Crippen molar-refractivity contribution in [3.8, 4) is 5.75 Å². The molecular weight excluding hydrogens is 306 g/mol. The van der Waals surface area contributed by atoms with Gasteiger partial charge in [-0.05, 0) is 71.4 Å². The molecule has 134 valence electrons. The zero-order chi connectivity index (χ0) is 18.0. The number of nitrogens with zero attached hydrogens (tertiary/aromatic N) is 1. The molecule has 2 atom stereocenters. The molecule has 0 bridgehead atoms. The van der Waals surface area contributed by atoms with Gasteiger partial charge in [0.05, 0.1) is 5.69 Å². The molecule has 0 spiro atoms. The summed E-state index contributed by atoms with van der Waals surface area (Å²) in [6, 6.07) is 12.6. The molecule has 1 aliphatic carbocycles. The van der Waals surface area contributed by atoms with Crippen LogP contribution in [0.25, 0.3) is 0 Å². The van der Waals surface area contributed by atoms with Crippen LogP contribution in [0.4, 0.5) is 0 Å². The lowest BCUT2D eigenvalue weighted by molar-refractivity contribution is 0.169. The summed E-state index contributed by atoms with van der Waals surface area (Å²) in [7, 11) is 0. The Bertz CT molecular complexity index is 700. The van der Waals surface area contributed by atoms with Crippen molar-refractivity contribution in [3.63, 3.8) is 0 Å². The van der Waals surface area contributed by atoms with Gasteiger partial charge in [-0.15, -0.1) is 0 Å². The van der Waals surface area contributed by atoms with Crippen molar-refractivity contribution in [2.75, 3.05) is 0 Å². The molecule has 1 heterocycles. The second kappa shape index (κ2) is 7.19. The molecule has 0 N–H and O–H groups in total. The summed E-state index contributed by atoms with van der Waals surface area (Å²) in [6.07, 6.45) is 4.24. The summed E-state index contributed by atoms with van der Waals surface area (Å²) in [6.45, 7) is 12.4.